The normalized spacial score (nSPS) is 15.8. The quantitative estimate of drug-likeness (QED) is 0.905. The molecule has 2 aromatic rings. The SMILES string of the molecule is COc1cc(N2CCCS2(=O)=O)ccc1NC(=O)c1cccc(F)c1. The minimum absolute atomic E-state index is 0.118. The van der Waals surface area contributed by atoms with E-state index in [0.29, 0.717) is 30.1 Å². The number of benzene rings is 2. The summed E-state index contributed by atoms with van der Waals surface area (Å²) in [5, 5.41) is 2.64. The van der Waals surface area contributed by atoms with Crippen LogP contribution < -0.4 is 14.4 Å². The third kappa shape index (κ3) is 3.58. The number of hydrogen-bond donors (Lipinski definition) is 1. The Bertz CT molecular complexity index is 915. The van der Waals surface area contributed by atoms with E-state index in [1.807, 2.05) is 0 Å². The molecule has 1 aliphatic rings. The van der Waals surface area contributed by atoms with Crippen LogP contribution in [-0.4, -0.2) is 33.7 Å². The van der Waals surface area contributed by atoms with Crippen molar-refractivity contribution in [2.24, 2.45) is 0 Å². The van der Waals surface area contributed by atoms with E-state index in [0.717, 1.165) is 6.07 Å². The lowest BCUT2D eigenvalue weighted by atomic mass is 10.2. The van der Waals surface area contributed by atoms with Gasteiger partial charge in [0, 0.05) is 18.2 Å². The molecule has 132 valence electrons. The van der Waals surface area contributed by atoms with Gasteiger partial charge in [-0.05, 0) is 36.8 Å². The zero-order valence-electron chi connectivity index (χ0n) is 13.5. The summed E-state index contributed by atoms with van der Waals surface area (Å²) in [7, 11) is -1.87. The molecule has 1 heterocycles. The second-order valence-electron chi connectivity index (χ2n) is 5.59. The van der Waals surface area contributed by atoms with Crippen LogP contribution in [0.2, 0.25) is 0 Å². The van der Waals surface area contributed by atoms with Crippen LogP contribution in [0.1, 0.15) is 16.8 Å². The molecule has 1 saturated heterocycles. The van der Waals surface area contributed by atoms with Crippen LogP contribution in [0.5, 0.6) is 5.75 Å². The number of carbonyl (C=O) groups is 1. The summed E-state index contributed by atoms with van der Waals surface area (Å²) < 4.78 is 43.9. The van der Waals surface area contributed by atoms with E-state index >= 15 is 0 Å². The number of nitrogens with zero attached hydrogens (tertiary/aromatic N) is 1. The van der Waals surface area contributed by atoms with E-state index in [2.05, 4.69) is 5.32 Å². The standard InChI is InChI=1S/C17H17FN2O4S/c1-24-16-11-14(20-8-3-9-25(20,22)23)6-7-15(16)19-17(21)12-4-2-5-13(18)10-12/h2,4-7,10-11H,3,8-9H2,1H3,(H,19,21). The number of amides is 1. The van der Waals surface area contributed by atoms with Gasteiger partial charge in [0.15, 0.2) is 0 Å². The number of anilines is 2. The number of ether oxygens (including phenoxy) is 1. The van der Waals surface area contributed by atoms with E-state index in [-0.39, 0.29) is 11.3 Å². The zero-order chi connectivity index (χ0) is 18.0. The van der Waals surface area contributed by atoms with Crippen molar-refractivity contribution in [2.75, 3.05) is 29.0 Å². The van der Waals surface area contributed by atoms with Crippen molar-refractivity contribution in [3.8, 4) is 5.75 Å². The molecule has 25 heavy (non-hydrogen) atoms. The Morgan fingerprint density at radius 1 is 1.24 bits per heavy atom. The van der Waals surface area contributed by atoms with Crippen LogP contribution in [0.15, 0.2) is 42.5 Å². The third-order valence-corrected chi connectivity index (χ3v) is 5.78. The monoisotopic (exact) mass is 364 g/mol. The molecule has 1 N–H and O–H groups in total. The minimum Gasteiger partial charge on any atom is -0.494 e. The third-order valence-electron chi connectivity index (χ3n) is 3.91. The van der Waals surface area contributed by atoms with Crippen LogP contribution >= 0.6 is 0 Å². The lowest BCUT2D eigenvalue weighted by Gasteiger charge is -2.19. The lowest BCUT2D eigenvalue weighted by molar-refractivity contribution is 0.102. The van der Waals surface area contributed by atoms with Crippen LogP contribution in [0.4, 0.5) is 15.8 Å². The maximum Gasteiger partial charge on any atom is 0.255 e. The Labute approximate surface area is 145 Å². The first kappa shape index (κ1) is 17.2. The number of hydrogen-bond acceptors (Lipinski definition) is 4. The highest BCUT2D eigenvalue weighted by Gasteiger charge is 2.29. The first-order chi connectivity index (χ1) is 11.9. The molecule has 0 radical (unpaired) electrons. The number of nitrogens with one attached hydrogen (secondary N) is 1. The minimum atomic E-state index is -3.30. The molecule has 0 aromatic heterocycles. The first-order valence-corrected chi connectivity index (χ1v) is 9.27. The number of carbonyl (C=O) groups excluding carboxylic acids is 1. The fourth-order valence-corrected chi connectivity index (χ4v) is 4.25. The Morgan fingerprint density at radius 2 is 2.04 bits per heavy atom. The number of sulfonamides is 1. The molecule has 0 bridgehead atoms. The summed E-state index contributed by atoms with van der Waals surface area (Å²) in [5.41, 5.74) is 1.03. The van der Waals surface area contributed by atoms with Crippen LogP contribution in [0, 0.1) is 5.82 Å². The largest absolute Gasteiger partial charge is 0.494 e. The maximum absolute atomic E-state index is 13.2. The lowest BCUT2D eigenvalue weighted by Crippen LogP contribution is -2.25. The Hall–Kier alpha value is -2.61. The van der Waals surface area contributed by atoms with Crippen LogP contribution in [-0.2, 0) is 10.0 Å². The molecule has 0 spiro atoms. The van der Waals surface area contributed by atoms with Gasteiger partial charge in [0.1, 0.15) is 11.6 Å². The average Bonchev–Trinajstić information content (AvgIpc) is 2.94. The fraction of sp³-hybridized carbons (Fsp3) is 0.235. The van der Waals surface area contributed by atoms with Crippen LogP contribution in [0.25, 0.3) is 0 Å². The highest BCUT2D eigenvalue weighted by Crippen LogP contribution is 2.33. The van der Waals surface area contributed by atoms with Gasteiger partial charge in [0.05, 0.1) is 24.2 Å². The van der Waals surface area contributed by atoms with Crippen molar-refractivity contribution in [2.45, 2.75) is 6.42 Å². The number of halogens is 1. The van der Waals surface area contributed by atoms with E-state index in [1.165, 1.54) is 29.6 Å². The van der Waals surface area contributed by atoms with Gasteiger partial charge in [-0.1, -0.05) is 6.07 Å². The number of rotatable bonds is 4. The van der Waals surface area contributed by atoms with E-state index in [9.17, 15) is 17.6 Å². The molecule has 0 atom stereocenters. The van der Waals surface area contributed by atoms with Gasteiger partial charge >= 0.3 is 0 Å². The van der Waals surface area contributed by atoms with Gasteiger partial charge in [-0.2, -0.15) is 0 Å². The van der Waals surface area contributed by atoms with Gasteiger partial charge in [0.25, 0.3) is 5.91 Å². The smallest absolute Gasteiger partial charge is 0.255 e. The molecular weight excluding hydrogens is 347 g/mol. The molecule has 1 amide bonds. The molecule has 2 aromatic carbocycles. The maximum atomic E-state index is 13.2. The van der Waals surface area contributed by atoms with E-state index < -0.39 is 21.7 Å². The predicted octanol–water partition coefficient (Wildman–Crippen LogP) is 2.63. The molecule has 0 aliphatic carbocycles. The van der Waals surface area contributed by atoms with Crippen LogP contribution in [0.3, 0.4) is 0 Å². The van der Waals surface area contributed by atoms with Crippen molar-refractivity contribution in [3.63, 3.8) is 0 Å². The first-order valence-electron chi connectivity index (χ1n) is 7.66. The zero-order valence-corrected chi connectivity index (χ0v) is 14.3. The second kappa shape index (κ2) is 6.72. The van der Waals surface area contributed by atoms with Crippen molar-refractivity contribution < 1.29 is 22.3 Å². The van der Waals surface area contributed by atoms with Gasteiger partial charge in [-0.3, -0.25) is 9.10 Å². The molecule has 1 aliphatic heterocycles. The summed E-state index contributed by atoms with van der Waals surface area (Å²) >= 11 is 0. The Balaban J connectivity index is 1.86. The average molecular weight is 364 g/mol. The molecule has 0 unspecified atom stereocenters. The summed E-state index contributed by atoms with van der Waals surface area (Å²) in [6.07, 6.45) is 0.572. The van der Waals surface area contributed by atoms with E-state index in [1.54, 1.807) is 18.2 Å². The highest BCUT2D eigenvalue weighted by atomic mass is 32.2. The Morgan fingerprint density at radius 3 is 2.68 bits per heavy atom. The van der Waals surface area contributed by atoms with Gasteiger partial charge in [-0.25, -0.2) is 12.8 Å². The van der Waals surface area contributed by atoms with Crippen molar-refractivity contribution in [1.82, 2.24) is 0 Å². The summed E-state index contributed by atoms with van der Waals surface area (Å²) in [6.45, 7) is 0.417. The molecule has 3 rings (SSSR count). The highest BCUT2D eigenvalue weighted by molar-refractivity contribution is 7.93. The van der Waals surface area contributed by atoms with Gasteiger partial charge < -0.3 is 10.1 Å². The summed E-state index contributed by atoms with van der Waals surface area (Å²) in [6, 6.07) is 10.1. The topological polar surface area (TPSA) is 75.7 Å². The fourth-order valence-electron chi connectivity index (χ4n) is 2.69. The summed E-state index contributed by atoms with van der Waals surface area (Å²) in [5.74, 6) is -0.550. The van der Waals surface area contributed by atoms with Crippen molar-refractivity contribution in [3.05, 3.63) is 53.8 Å². The molecular formula is C17H17FN2O4S. The van der Waals surface area contributed by atoms with Gasteiger partial charge in [0.2, 0.25) is 10.0 Å². The Kier molecular flexibility index (Phi) is 4.63. The van der Waals surface area contributed by atoms with E-state index in [4.69, 9.17) is 4.74 Å². The predicted molar refractivity (Wildman–Crippen MR) is 93.1 cm³/mol. The van der Waals surface area contributed by atoms with Crippen molar-refractivity contribution in [1.29, 1.82) is 0 Å². The summed E-state index contributed by atoms with van der Waals surface area (Å²) in [4.78, 5) is 12.2. The second-order valence-corrected chi connectivity index (χ2v) is 7.60. The van der Waals surface area contributed by atoms with Gasteiger partial charge in [-0.15, -0.1) is 0 Å². The molecule has 1 fully saturated rings. The van der Waals surface area contributed by atoms with Crippen molar-refractivity contribution >= 4 is 27.3 Å². The molecule has 6 nitrogen and oxygen atoms in total. The number of methoxy groups -OCH3 is 1. The molecule has 0 saturated carbocycles. The molecule has 8 heteroatoms.